The normalized spacial score (nSPS) is 11.2. The van der Waals surface area contributed by atoms with Gasteiger partial charge in [0.15, 0.2) is 10.0 Å². The number of rotatable bonds is 2. The van der Waals surface area contributed by atoms with E-state index in [0.29, 0.717) is 0 Å². The van der Waals surface area contributed by atoms with E-state index in [0.717, 1.165) is 9.66 Å². The lowest BCUT2D eigenvalue weighted by Crippen LogP contribution is -3.00. The molecule has 0 atom stereocenters. The van der Waals surface area contributed by atoms with Gasteiger partial charge in [0.1, 0.15) is 6.34 Å². The van der Waals surface area contributed by atoms with Crippen molar-refractivity contribution in [3.8, 4) is 0 Å². The Morgan fingerprint density at radius 1 is 1.80 bits per heavy atom. The standard InChI is InChI=1S/C8H10IN5.HI/c1-3-12-8(13-5-10-2)14-6-11-4-7(14)9;/h3-6H,1H2,2H3,(H,10,12,13);1H. The molecule has 82 valence electrons. The molecule has 0 saturated heterocycles. The van der Waals surface area contributed by atoms with Crippen molar-refractivity contribution < 1.29 is 29.0 Å². The summed E-state index contributed by atoms with van der Waals surface area (Å²) >= 11 is 2.18. The summed E-state index contributed by atoms with van der Waals surface area (Å²) < 4.78 is 2.84. The molecule has 2 N–H and O–H groups in total. The number of aromatic nitrogens is 2. The van der Waals surface area contributed by atoms with Crippen molar-refractivity contribution >= 4 is 34.9 Å². The molecule has 0 saturated carbocycles. The monoisotopic (exact) mass is 431 g/mol. The van der Waals surface area contributed by atoms with Crippen molar-refractivity contribution in [3.05, 3.63) is 29.0 Å². The fraction of sp³-hybridized carbons (Fsp3) is 0.125. The molecule has 5 nitrogen and oxygen atoms in total. The maximum absolute atomic E-state index is 4.01. The first-order valence-electron chi connectivity index (χ1n) is 3.89. The summed E-state index contributed by atoms with van der Waals surface area (Å²) in [5.74, 6) is 0.743. The Balaban J connectivity index is 0.00000196. The van der Waals surface area contributed by atoms with Gasteiger partial charge in [-0.3, -0.25) is 9.98 Å². The van der Waals surface area contributed by atoms with Crippen LogP contribution in [0.4, 0.5) is 0 Å². The van der Waals surface area contributed by atoms with Gasteiger partial charge in [-0.05, 0) is 22.6 Å². The average molecular weight is 431 g/mol. The van der Waals surface area contributed by atoms with Crippen LogP contribution in [-0.4, -0.2) is 28.9 Å². The molecule has 7 heteroatoms. The summed E-state index contributed by atoms with van der Waals surface area (Å²) in [6.45, 7) is 3.60. The lowest BCUT2D eigenvalue weighted by Gasteiger charge is -1.97. The van der Waals surface area contributed by atoms with Gasteiger partial charge in [0.2, 0.25) is 0 Å². The Morgan fingerprint density at radius 2 is 2.53 bits per heavy atom. The molecule has 0 radical (unpaired) electrons. The smallest absolute Gasteiger partial charge is 0.367 e. The maximum atomic E-state index is 4.01. The van der Waals surface area contributed by atoms with E-state index in [1.165, 1.54) is 0 Å². The second-order valence-electron chi connectivity index (χ2n) is 2.32. The van der Waals surface area contributed by atoms with E-state index in [4.69, 9.17) is 0 Å². The predicted molar refractivity (Wildman–Crippen MR) is 64.1 cm³/mol. The number of hydrogen-bond donors (Lipinski definition) is 2. The first-order chi connectivity index (χ1) is 6.79. The van der Waals surface area contributed by atoms with Gasteiger partial charge in [0, 0.05) is 7.05 Å². The van der Waals surface area contributed by atoms with Crippen LogP contribution in [-0.2, 0) is 0 Å². The Bertz CT molecular complexity index is 369. The first-order valence-corrected chi connectivity index (χ1v) is 4.97. The van der Waals surface area contributed by atoms with Gasteiger partial charge in [-0.2, -0.15) is 4.57 Å². The predicted octanol–water partition coefficient (Wildman–Crippen LogP) is -3.83. The van der Waals surface area contributed by atoms with Crippen LogP contribution in [0.5, 0.6) is 0 Å². The fourth-order valence-corrected chi connectivity index (χ4v) is 1.37. The molecule has 0 aromatic carbocycles. The average Bonchev–Trinajstić information content (AvgIpc) is 2.59. The minimum atomic E-state index is 0. The lowest BCUT2D eigenvalue weighted by molar-refractivity contribution is -0.377. The van der Waals surface area contributed by atoms with E-state index < -0.39 is 0 Å². The topological polar surface area (TPSA) is 56.2 Å². The summed E-state index contributed by atoms with van der Waals surface area (Å²) in [5.41, 5.74) is 0. The fourth-order valence-electron chi connectivity index (χ4n) is 0.847. The van der Waals surface area contributed by atoms with Gasteiger partial charge in [0.25, 0.3) is 0 Å². The zero-order valence-corrected chi connectivity index (χ0v) is 12.4. The zero-order valence-electron chi connectivity index (χ0n) is 8.11. The number of hydrogen-bond acceptors (Lipinski definition) is 2. The van der Waals surface area contributed by atoms with Crippen molar-refractivity contribution in [2.45, 2.75) is 0 Å². The molecule has 0 fully saturated rings. The second-order valence-corrected chi connectivity index (χ2v) is 3.42. The van der Waals surface area contributed by atoms with Crippen LogP contribution >= 0.6 is 22.6 Å². The number of halogens is 2. The Hall–Kier alpha value is -0.450. The Kier molecular flexibility index (Phi) is 7.56. The molecule has 0 aliphatic heterocycles. The van der Waals surface area contributed by atoms with Crippen molar-refractivity contribution in [3.63, 3.8) is 0 Å². The van der Waals surface area contributed by atoms with Gasteiger partial charge in [-0.15, -0.1) is 0 Å². The summed E-state index contributed by atoms with van der Waals surface area (Å²) in [4.78, 5) is 10.8. The Morgan fingerprint density at radius 3 is 3.00 bits per heavy atom. The van der Waals surface area contributed by atoms with Crippen LogP contribution in [0.15, 0.2) is 30.3 Å². The summed E-state index contributed by atoms with van der Waals surface area (Å²) in [7, 11) is 1.69. The molecule has 1 aromatic rings. The van der Waals surface area contributed by atoms with Crippen LogP contribution in [0, 0.1) is 3.70 Å². The van der Waals surface area contributed by atoms with E-state index in [1.54, 1.807) is 32.1 Å². The number of imidazole rings is 1. The quantitative estimate of drug-likeness (QED) is 0.287. The van der Waals surface area contributed by atoms with Gasteiger partial charge in [0.05, 0.1) is 12.4 Å². The summed E-state index contributed by atoms with van der Waals surface area (Å²) in [6.07, 6.45) is 6.63. The van der Waals surface area contributed by atoms with Crippen LogP contribution < -0.4 is 34.3 Å². The van der Waals surface area contributed by atoms with Crippen molar-refractivity contribution in [2.75, 3.05) is 7.05 Å². The van der Waals surface area contributed by atoms with Crippen molar-refractivity contribution in [1.29, 1.82) is 0 Å². The van der Waals surface area contributed by atoms with Crippen LogP contribution in [0.3, 0.4) is 0 Å². The third kappa shape index (κ3) is 4.28. The first kappa shape index (κ1) is 14.6. The summed E-state index contributed by atoms with van der Waals surface area (Å²) in [5, 5.41) is 2.97. The molecule has 0 aliphatic rings. The summed E-state index contributed by atoms with van der Waals surface area (Å²) in [6, 6.07) is 0. The van der Waals surface area contributed by atoms with Crippen molar-refractivity contribution in [1.82, 2.24) is 14.9 Å². The molecule has 0 aliphatic carbocycles. The molecule has 0 unspecified atom stereocenters. The highest BCUT2D eigenvalue weighted by Crippen LogP contribution is 2.00. The third-order valence-electron chi connectivity index (χ3n) is 1.40. The molecule has 1 heterocycles. The van der Waals surface area contributed by atoms with Gasteiger partial charge >= 0.3 is 5.96 Å². The SMILES string of the molecule is C=C[NH+]=C(NC=NC)n1cncc1I.[I-]. The molecule has 1 aromatic heterocycles. The third-order valence-corrected chi connectivity index (χ3v) is 2.20. The van der Waals surface area contributed by atoms with Gasteiger partial charge in [-0.1, -0.05) is 6.58 Å². The minimum absolute atomic E-state index is 0. The number of aliphatic imine (C=N–C) groups is 1. The molecular weight excluding hydrogens is 420 g/mol. The van der Waals surface area contributed by atoms with Crippen LogP contribution in [0.1, 0.15) is 0 Å². The minimum Gasteiger partial charge on any atom is -1.00 e. The molecular formula is C8H11I2N5. The molecule has 0 spiro atoms. The van der Waals surface area contributed by atoms with E-state index in [-0.39, 0.29) is 24.0 Å². The largest absolute Gasteiger partial charge is 1.00 e. The maximum Gasteiger partial charge on any atom is 0.367 e. The molecule has 15 heavy (non-hydrogen) atoms. The highest BCUT2D eigenvalue weighted by Gasteiger charge is 2.11. The van der Waals surface area contributed by atoms with Crippen molar-refractivity contribution in [2.24, 2.45) is 4.99 Å². The molecule has 1 rings (SSSR count). The number of nitrogens with one attached hydrogen (secondary N) is 2. The van der Waals surface area contributed by atoms with Crippen LogP contribution in [0.2, 0.25) is 0 Å². The van der Waals surface area contributed by atoms with Gasteiger partial charge < -0.3 is 24.0 Å². The van der Waals surface area contributed by atoms with E-state index >= 15 is 0 Å². The highest BCUT2D eigenvalue weighted by atomic mass is 127. The van der Waals surface area contributed by atoms with E-state index in [1.807, 2.05) is 4.57 Å². The zero-order chi connectivity index (χ0) is 10.4. The van der Waals surface area contributed by atoms with Gasteiger partial charge in [-0.25, -0.2) is 10.3 Å². The lowest BCUT2D eigenvalue weighted by atomic mass is 10.8. The Labute approximate surface area is 119 Å². The number of nitrogens with zero attached hydrogens (tertiary/aromatic N) is 3. The van der Waals surface area contributed by atoms with E-state index in [2.05, 4.69) is 49.5 Å². The molecule has 0 bridgehead atoms. The van der Waals surface area contributed by atoms with E-state index in [9.17, 15) is 0 Å². The van der Waals surface area contributed by atoms with Crippen LogP contribution in [0.25, 0.3) is 0 Å². The molecule has 0 amide bonds. The second kappa shape index (κ2) is 7.79. The highest BCUT2D eigenvalue weighted by molar-refractivity contribution is 14.1.